The molecule has 0 saturated carbocycles. The molecule has 0 unspecified atom stereocenters. The molecule has 0 heterocycles. The van der Waals surface area contributed by atoms with Gasteiger partial charge in [-0.1, -0.05) is 48.0 Å². The third kappa shape index (κ3) is 6.28. The maximum atomic E-state index is 13.4. The third-order valence-electron chi connectivity index (χ3n) is 3.27. The highest BCUT2D eigenvalue weighted by Gasteiger charge is 2.00. The van der Waals surface area contributed by atoms with E-state index in [0.717, 1.165) is 11.3 Å². The predicted molar refractivity (Wildman–Crippen MR) is 95.8 cm³/mol. The molecular weight excluding hydrogens is 309 g/mol. The zero-order valence-corrected chi connectivity index (χ0v) is 13.9. The Balaban J connectivity index is 1.65. The Kier molecular flexibility index (Phi) is 6.88. The van der Waals surface area contributed by atoms with Crippen LogP contribution in [0.15, 0.2) is 54.6 Å². The molecule has 0 bridgehead atoms. The van der Waals surface area contributed by atoms with E-state index in [0.29, 0.717) is 17.9 Å². The van der Waals surface area contributed by atoms with Gasteiger partial charge in [0, 0.05) is 24.1 Å². The van der Waals surface area contributed by atoms with Crippen LogP contribution >= 0.6 is 11.8 Å². The molecule has 1 N–H and O–H groups in total. The molecule has 23 heavy (non-hydrogen) atoms. The fourth-order valence-corrected chi connectivity index (χ4v) is 2.80. The highest BCUT2D eigenvalue weighted by molar-refractivity contribution is 7.98. The van der Waals surface area contributed by atoms with Gasteiger partial charge in [0.25, 0.3) is 0 Å². The largest absolute Gasteiger partial charge is 0.352 e. The van der Waals surface area contributed by atoms with E-state index in [4.69, 9.17) is 0 Å². The Bertz CT molecular complexity index is 667. The SMILES string of the molecule is Cc1ccc(/C=C/C(=O)NCCSCc2ccccc2F)cc1. The average Bonchev–Trinajstić information content (AvgIpc) is 2.55. The molecule has 2 nitrogen and oxygen atoms in total. The number of hydrogen-bond donors (Lipinski definition) is 1. The van der Waals surface area contributed by atoms with E-state index in [2.05, 4.69) is 5.32 Å². The molecule has 0 atom stereocenters. The number of thioether (sulfide) groups is 1. The van der Waals surface area contributed by atoms with Crippen molar-refractivity contribution in [2.45, 2.75) is 12.7 Å². The summed E-state index contributed by atoms with van der Waals surface area (Å²) in [6.07, 6.45) is 3.33. The average molecular weight is 329 g/mol. The predicted octanol–water partition coefficient (Wildman–Crippen LogP) is 4.20. The van der Waals surface area contributed by atoms with Crippen LogP contribution in [0, 0.1) is 12.7 Å². The summed E-state index contributed by atoms with van der Waals surface area (Å²) >= 11 is 1.60. The molecule has 0 saturated heterocycles. The molecule has 0 aromatic heterocycles. The summed E-state index contributed by atoms with van der Waals surface area (Å²) in [6.45, 7) is 2.59. The lowest BCUT2D eigenvalue weighted by atomic mass is 10.1. The van der Waals surface area contributed by atoms with E-state index in [1.54, 1.807) is 30.0 Å². The minimum absolute atomic E-state index is 0.114. The lowest BCUT2D eigenvalue weighted by Gasteiger charge is -2.04. The second kappa shape index (κ2) is 9.16. The van der Waals surface area contributed by atoms with Crippen LogP contribution in [0.4, 0.5) is 4.39 Å². The number of amides is 1. The van der Waals surface area contributed by atoms with Gasteiger partial charge in [0.15, 0.2) is 0 Å². The summed E-state index contributed by atoms with van der Waals surface area (Å²) in [6, 6.07) is 14.7. The Morgan fingerprint density at radius 1 is 1.17 bits per heavy atom. The molecule has 0 aliphatic carbocycles. The fraction of sp³-hybridized carbons (Fsp3) is 0.211. The number of nitrogens with one attached hydrogen (secondary N) is 1. The molecule has 2 rings (SSSR count). The van der Waals surface area contributed by atoms with Gasteiger partial charge < -0.3 is 5.32 Å². The van der Waals surface area contributed by atoms with Gasteiger partial charge >= 0.3 is 0 Å². The molecule has 2 aromatic carbocycles. The summed E-state index contributed by atoms with van der Waals surface area (Å²) < 4.78 is 13.4. The molecule has 1 amide bonds. The van der Waals surface area contributed by atoms with Crippen molar-refractivity contribution >= 4 is 23.7 Å². The molecule has 0 aliphatic heterocycles. The summed E-state index contributed by atoms with van der Waals surface area (Å²) in [7, 11) is 0. The van der Waals surface area contributed by atoms with Crippen LogP contribution in [0.25, 0.3) is 6.08 Å². The number of hydrogen-bond acceptors (Lipinski definition) is 2. The van der Waals surface area contributed by atoms with Crippen LogP contribution in [0.2, 0.25) is 0 Å². The van der Waals surface area contributed by atoms with E-state index < -0.39 is 0 Å². The highest BCUT2D eigenvalue weighted by atomic mass is 32.2. The topological polar surface area (TPSA) is 29.1 Å². The van der Waals surface area contributed by atoms with Crippen molar-refractivity contribution in [2.24, 2.45) is 0 Å². The first kappa shape index (κ1) is 17.3. The lowest BCUT2D eigenvalue weighted by molar-refractivity contribution is -0.116. The van der Waals surface area contributed by atoms with Gasteiger partial charge in [-0.2, -0.15) is 11.8 Å². The first-order chi connectivity index (χ1) is 11.1. The van der Waals surface area contributed by atoms with Crippen molar-refractivity contribution in [3.05, 3.63) is 77.1 Å². The Labute approximate surface area is 140 Å². The van der Waals surface area contributed by atoms with Crippen molar-refractivity contribution in [3.8, 4) is 0 Å². The van der Waals surface area contributed by atoms with Gasteiger partial charge in [-0.15, -0.1) is 0 Å². The maximum Gasteiger partial charge on any atom is 0.244 e. The summed E-state index contributed by atoms with van der Waals surface area (Å²) in [4.78, 5) is 11.7. The summed E-state index contributed by atoms with van der Waals surface area (Å²) in [5.74, 6) is 1.07. The van der Waals surface area contributed by atoms with E-state index in [1.807, 2.05) is 37.3 Å². The van der Waals surface area contributed by atoms with Crippen molar-refractivity contribution < 1.29 is 9.18 Å². The van der Waals surface area contributed by atoms with Crippen LogP contribution in [0.1, 0.15) is 16.7 Å². The van der Waals surface area contributed by atoms with Crippen LogP contribution < -0.4 is 5.32 Å². The van der Waals surface area contributed by atoms with Crippen LogP contribution in [-0.4, -0.2) is 18.2 Å². The summed E-state index contributed by atoms with van der Waals surface area (Å²) in [5.41, 5.74) is 2.89. The Hall–Kier alpha value is -2.07. The second-order valence-electron chi connectivity index (χ2n) is 5.18. The van der Waals surface area contributed by atoms with Gasteiger partial charge in [-0.05, 0) is 30.2 Å². The smallest absolute Gasteiger partial charge is 0.244 e. The minimum atomic E-state index is -0.176. The van der Waals surface area contributed by atoms with Gasteiger partial charge in [0.05, 0.1) is 0 Å². The maximum absolute atomic E-state index is 13.4. The number of rotatable bonds is 7. The van der Waals surface area contributed by atoms with E-state index in [9.17, 15) is 9.18 Å². The molecule has 2 aromatic rings. The summed E-state index contributed by atoms with van der Waals surface area (Å²) in [5, 5.41) is 2.82. The highest BCUT2D eigenvalue weighted by Crippen LogP contribution is 2.14. The third-order valence-corrected chi connectivity index (χ3v) is 4.27. The number of aryl methyl sites for hydroxylation is 1. The van der Waals surface area contributed by atoms with E-state index in [-0.39, 0.29) is 11.7 Å². The monoisotopic (exact) mass is 329 g/mol. The van der Waals surface area contributed by atoms with Gasteiger partial charge in [-0.3, -0.25) is 4.79 Å². The van der Waals surface area contributed by atoms with Gasteiger partial charge in [0.2, 0.25) is 5.91 Å². The van der Waals surface area contributed by atoms with Crippen molar-refractivity contribution in [1.29, 1.82) is 0 Å². The Morgan fingerprint density at radius 2 is 1.91 bits per heavy atom. The van der Waals surface area contributed by atoms with Crippen molar-refractivity contribution in [3.63, 3.8) is 0 Å². The molecule has 4 heteroatoms. The Morgan fingerprint density at radius 3 is 2.65 bits per heavy atom. The number of halogens is 1. The molecular formula is C19H20FNOS. The molecule has 0 radical (unpaired) electrons. The van der Waals surface area contributed by atoms with Crippen LogP contribution in [0.3, 0.4) is 0 Å². The van der Waals surface area contributed by atoms with Gasteiger partial charge in [0.1, 0.15) is 5.82 Å². The zero-order valence-electron chi connectivity index (χ0n) is 13.1. The number of carbonyl (C=O) groups is 1. The normalized spacial score (nSPS) is 10.9. The fourth-order valence-electron chi connectivity index (χ4n) is 1.95. The molecule has 0 aliphatic rings. The van der Waals surface area contributed by atoms with Gasteiger partial charge in [-0.25, -0.2) is 4.39 Å². The number of carbonyl (C=O) groups excluding carboxylic acids is 1. The van der Waals surface area contributed by atoms with Crippen molar-refractivity contribution in [1.82, 2.24) is 5.32 Å². The first-order valence-electron chi connectivity index (χ1n) is 7.49. The van der Waals surface area contributed by atoms with Crippen LogP contribution in [-0.2, 0) is 10.5 Å². The zero-order chi connectivity index (χ0) is 16.5. The van der Waals surface area contributed by atoms with E-state index in [1.165, 1.54) is 17.7 Å². The lowest BCUT2D eigenvalue weighted by Crippen LogP contribution is -2.23. The van der Waals surface area contributed by atoms with Crippen molar-refractivity contribution in [2.75, 3.05) is 12.3 Å². The van der Waals surface area contributed by atoms with Crippen LogP contribution in [0.5, 0.6) is 0 Å². The molecule has 0 spiro atoms. The number of benzene rings is 2. The molecule has 120 valence electrons. The standard InChI is InChI=1S/C19H20FNOS/c1-15-6-8-16(9-7-15)10-11-19(22)21-12-13-23-14-17-4-2-3-5-18(17)20/h2-11H,12-14H2,1H3,(H,21,22)/b11-10+. The minimum Gasteiger partial charge on any atom is -0.352 e. The van der Waals surface area contributed by atoms with E-state index >= 15 is 0 Å². The second-order valence-corrected chi connectivity index (χ2v) is 6.28. The molecule has 0 fully saturated rings. The first-order valence-corrected chi connectivity index (χ1v) is 8.64. The quantitative estimate of drug-likeness (QED) is 0.609.